The molecule has 0 saturated carbocycles. The minimum absolute atomic E-state index is 0.333. The maximum absolute atomic E-state index is 12.4. The lowest BCUT2D eigenvalue weighted by atomic mass is 10.1. The van der Waals surface area contributed by atoms with Gasteiger partial charge in [-0.05, 0) is 55.5 Å². The highest BCUT2D eigenvalue weighted by Gasteiger charge is 2.12. The topological polar surface area (TPSA) is 67.8 Å². The van der Waals surface area contributed by atoms with Crippen molar-refractivity contribution in [3.63, 3.8) is 0 Å². The molecule has 0 unspecified atom stereocenters. The molecular formula is C22H16Br2N2O3. The number of amides is 1. The monoisotopic (exact) mass is 514 g/mol. The van der Waals surface area contributed by atoms with Crippen molar-refractivity contribution in [2.24, 2.45) is 5.10 Å². The third kappa shape index (κ3) is 5.85. The third-order valence-corrected chi connectivity index (χ3v) is 4.90. The number of aryl methyl sites for hydroxylation is 1. The highest BCUT2D eigenvalue weighted by atomic mass is 79.9. The molecule has 0 spiro atoms. The smallest absolute Gasteiger partial charge is 0.343 e. The third-order valence-electron chi connectivity index (χ3n) is 3.92. The van der Waals surface area contributed by atoms with E-state index in [2.05, 4.69) is 42.4 Å². The Kier molecular flexibility index (Phi) is 6.95. The number of hydrazone groups is 1. The predicted molar refractivity (Wildman–Crippen MR) is 119 cm³/mol. The summed E-state index contributed by atoms with van der Waals surface area (Å²) >= 11 is 6.71. The molecule has 0 aliphatic rings. The van der Waals surface area contributed by atoms with Gasteiger partial charge in [0.1, 0.15) is 5.75 Å². The molecule has 0 bridgehead atoms. The van der Waals surface area contributed by atoms with Crippen LogP contribution in [0.3, 0.4) is 0 Å². The largest absolute Gasteiger partial charge is 0.422 e. The number of nitrogens with one attached hydrogen (secondary N) is 1. The first-order chi connectivity index (χ1) is 13.9. The molecule has 5 nitrogen and oxygen atoms in total. The van der Waals surface area contributed by atoms with E-state index in [-0.39, 0.29) is 5.91 Å². The molecule has 0 aromatic heterocycles. The lowest BCUT2D eigenvalue weighted by molar-refractivity contribution is 0.0734. The van der Waals surface area contributed by atoms with Crippen LogP contribution in [0.2, 0.25) is 0 Å². The van der Waals surface area contributed by atoms with Crippen molar-refractivity contribution in [2.45, 2.75) is 6.92 Å². The van der Waals surface area contributed by atoms with Crippen LogP contribution in [0.1, 0.15) is 31.8 Å². The minimum Gasteiger partial charge on any atom is -0.422 e. The Hall–Kier alpha value is -2.77. The van der Waals surface area contributed by atoms with Crippen molar-refractivity contribution in [3.8, 4) is 5.75 Å². The van der Waals surface area contributed by atoms with Crippen molar-refractivity contribution >= 4 is 50.0 Å². The summed E-state index contributed by atoms with van der Waals surface area (Å²) < 4.78 is 7.10. The fourth-order valence-corrected chi connectivity index (χ4v) is 3.19. The second-order valence-electron chi connectivity index (χ2n) is 6.15. The second-order valence-corrected chi connectivity index (χ2v) is 7.98. The number of hydrogen-bond donors (Lipinski definition) is 1. The Morgan fingerprint density at radius 2 is 1.66 bits per heavy atom. The van der Waals surface area contributed by atoms with Gasteiger partial charge in [0.25, 0.3) is 5.91 Å². The molecule has 146 valence electrons. The molecule has 0 atom stereocenters. The summed E-state index contributed by atoms with van der Waals surface area (Å²) in [5.41, 5.74) is 4.98. The molecule has 29 heavy (non-hydrogen) atoms. The first-order valence-corrected chi connectivity index (χ1v) is 10.2. The number of benzene rings is 3. The lowest BCUT2D eigenvalue weighted by Crippen LogP contribution is -2.17. The van der Waals surface area contributed by atoms with Crippen LogP contribution in [0.4, 0.5) is 0 Å². The maximum Gasteiger partial charge on any atom is 0.343 e. The van der Waals surface area contributed by atoms with Crippen LogP contribution < -0.4 is 10.2 Å². The van der Waals surface area contributed by atoms with Crippen LogP contribution in [-0.2, 0) is 0 Å². The molecule has 0 radical (unpaired) electrons. The number of nitrogens with zero attached hydrogens (tertiary/aromatic N) is 1. The van der Waals surface area contributed by atoms with Crippen molar-refractivity contribution in [1.82, 2.24) is 5.43 Å². The van der Waals surface area contributed by atoms with Gasteiger partial charge >= 0.3 is 5.97 Å². The summed E-state index contributed by atoms with van der Waals surface area (Å²) in [7, 11) is 0. The number of ether oxygens (including phenoxy) is 1. The molecular weight excluding hydrogens is 500 g/mol. The Labute approximate surface area is 185 Å². The van der Waals surface area contributed by atoms with Crippen LogP contribution in [0.5, 0.6) is 5.75 Å². The molecule has 3 aromatic carbocycles. The summed E-state index contributed by atoms with van der Waals surface area (Å²) in [6.07, 6.45) is 1.43. The molecule has 0 heterocycles. The molecule has 0 aliphatic carbocycles. The van der Waals surface area contributed by atoms with Crippen molar-refractivity contribution in [3.05, 3.63) is 97.9 Å². The normalized spacial score (nSPS) is 10.7. The number of rotatable bonds is 5. The highest BCUT2D eigenvalue weighted by molar-refractivity contribution is 9.10. The van der Waals surface area contributed by atoms with E-state index in [1.165, 1.54) is 6.21 Å². The lowest BCUT2D eigenvalue weighted by Gasteiger charge is -2.08. The Balaban J connectivity index is 1.74. The summed E-state index contributed by atoms with van der Waals surface area (Å²) in [5, 5.41) is 3.99. The predicted octanol–water partition coefficient (Wildman–Crippen LogP) is 5.50. The van der Waals surface area contributed by atoms with Crippen LogP contribution >= 0.6 is 31.9 Å². The number of hydrogen-bond acceptors (Lipinski definition) is 4. The standard InChI is InChI=1S/C22H16Br2N2O3/c1-14-5-7-15(8-6-14)22(28)29-20-10-9-19(24)12-17(20)13-25-26-21(27)16-3-2-4-18(23)11-16/h2-13H,1H3,(H,26,27). The van der Waals surface area contributed by atoms with Crippen LogP contribution in [0.15, 0.2) is 80.8 Å². The maximum atomic E-state index is 12.4. The Bertz CT molecular complexity index is 1080. The number of halogens is 2. The average molecular weight is 516 g/mol. The molecule has 0 fully saturated rings. The van der Waals surface area contributed by atoms with Gasteiger partial charge in [-0.3, -0.25) is 4.79 Å². The zero-order chi connectivity index (χ0) is 20.8. The summed E-state index contributed by atoms with van der Waals surface area (Å²) in [6, 6.07) is 19.2. The highest BCUT2D eigenvalue weighted by Crippen LogP contribution is 2.23. The van der Waals surface area contributed by atoms with Crippen molar-refractivity contribution in [2.75, 3.05) is 0 Å². The number of carbonyl (C=O) groups excluding carboxylic acids is 2. The Morgan fingerprint density at radius 1 is 0.931 bits per heavy atom. The fraction of sp³-hybridized carbons (Fsp3) is 0.0455. The van der Waals surface area contributed by atoms with Crippen LogP contribution in [0.25, 0.3) is 0 Å². The molecule has 3 rings (SSSR count). The molecule has 7 heteroatoms. The zero-order valence-corrected chi connectivity index (χ0v) is 18.5. The van der Waals surface area contributed by atoms with Gasteiger partial charge in [0.05, 0.1) is 11.8 Å². The SMILES string of the molecule is Cc1ccc(C(=O)Oc2ccc(Br)cc2C=NNC(=O)c2cccc(Br)c2)cc1. The molecule has 0 aliphatic heterocycles. The molecule has 3 aromatic rings. The van der Waals surface area contributed by atoms with Gasteiger partial charge in [-0.1, -0.05) is 55.6 Å². The van der Waals surface area contributed by atoms with E-state index in [1.54, 1.807) is 48.5 Å². The van der Waals surface area contributed by atoms with Crippen molar-refractivity contribution in [1.29, 1.82) is 0 Å². The quantitative estimate of drug-likeness (QED) is 0.211. The van der Waals surface area contributed by atoms with Crippen molar-refractivity contribution < 1.29 is 14.3 Å². The van der Waals surface area contributed by atoms with E-state index in [1.807, 2.05) is 25.1 Å². The zero-order valence-electron chi connectivity index (χ0n) is 15.4. The number of carbonyl (C=O) groups is 2. The van der Waals surface area contributed by atoms with Gasteiger partial charge in [0.2, 0.25) is 0 Å². The molecule has 1 amide bonds. The van der Waals surface area contributed by atoms with Gasteiger partial charge in [-0.15, -0.1) is 0 Å². The molecule has 0 saturated heterocycles. The fourth-order valence-electron chi connectivity index (χ4n) is 2.42. The van der Waals surface area contributed by atoms with E-state index in [9.17, 15) is 9.59 Å². The van der Waals surface area contributed by atoms with Gasteiger partial charge < -0.3 is 4.74 Å². The number of esters is 1. The first-order valence-electron chi connectivity index (χ1n) is 8.60. The van der Waals surface area contributed by atoms with E-state index >= 15 is 0 Å². The van der Waals surface area contributed by atoms with Crippen LogP contribution in [-0.4, -0.2) is 18.1 Å². The van der Waals surface area contributed by atoms with E-state index in [0.717, 1.165) is 14.5 Å². The Morgan fingerprint density at radius 3 is 2.38 bits per heavy atom. The van der Waals surface area contributed by atoms with Gasteiger partial charge in [-0.25, -0.2) is 10.2 Å². The average Bonchev–Trinajstić information content (AvgIpc) is 2.70. The molecule has 1 N–H and O–H groups in total. The minimum atomic E-state index is -0.472. The summed E-state index contributed by atoms with van der Waals surface area (Å²) in [6.45, 7) is 1.95. The second kappa shape index (κ2) is 9.62. The van der Waals surface area contributed by atoms with Gasteiger partial charge in [0, 0.05) is 20.1 Å². The van der Waals surface area contributed by atoms with E-state index in [4.69, 9.17) is 4.74 Å². The van der Waals surface area contributed by atoms with Gasteiger partial charge in [0.15, 0.2) is 0 Å². The summed E-state index contributed by atoms with van der Waals surface area (Å²) in [4.78, 5) is 24.6. The summed E-state index contributed by atoms with van der Waals surface area (Å²) in [5.74, 6) is -0.491. The van der Waals surface area contributed by atoms with E-state index < -0.39 is 5.97 Å². The van der Waals surface area contributed by atoms with Crippen LogP contribution in [0, 0.1) is 6.92 Å². The van der Waals surface area contributed by atoms with E-state index in [0.29, 0.717) is 22.4 Å². The van der Waals surface area contributed by atoms with Gasteiger partial charge in [-0.2, -0.15) is 5.10 Å². The first kappa shape index (κ1) is 21.0.